The highest BCUT2D eigenvalue weighted by molar-refractivity contribution is 6.30. The zero-order valence-corrected chi connectivity index (χ0v) is 9.14. The predicted octanol–water partition coefficient (Wildman–Crippen LogP) is 1.93. The molecule has 2 rings (SSSR count). The molecule has 6 heteroatoms. The molecule has 0 aliphatic carbocycles. The molecule has 0 fully saturated rings. The molecule has 1 aromatic heterocycles. The number of carbonyl (C=O) groups is 1. The molecular formula is C10H8ClN3O2. The van der Waals surface area contributed by atoms with Crippen molar-refractivity contribution in [1.29, 1.82) is 0 Å². The molecule has 82 valence electrons. The van der Waals surface area contributed by atoms with Crippen molar-refractivity contribution in [3.05, 3.63) is 40.9 Å². The summed E-state index contributed by atoms with van der Waals surface area (Å²) in [6.45, 7) is 1.88. The van der Waals surface area contributed by atoms with Crippen molar-refractivity contribution in [2.75, 3.05) is 0 Å². The maximum absolute atomic E-state index is 10.6. The maximum Gasteiger partial charge on any atom is 0.375 e. The lowest BCUT2D eigenvalue weighted by Gasteiger charge is -2.04. The van der Waals surface area contributed by atoms with Crippen LogP contribution in [0.3, 0.4) is 0 Å². The van der Waals surface area contributed by atoms with Crippen LogP contribution in [0.5, 0.6) is 0 Å². The van der Waals surface area contributed by atoms with Crippen molar-refractivity contribution in [2.45, 2.75) is 6.92 Å². The largest absolute Gasteiger partial charge is 0.475 e. The van der Waals surface area contributed by atoms with Gasteiger partial charge in [0.15, 0.2) is 0 Å². The van der Waals surface area contributed by atoms with Crippen LogP contribution in [0.25, 0.3) is 5.69 Å². The molecule has 0 atom stereocenters. The third-order valence-electron chi connectivity index (χ3n) is 2.10. The summed E-state index contributed by atoms with van der Waals surface area (Å²) >= 11 is 5.86. The van der Waals surface area contributed by atoms with Gasteiger partial charge in [0, 0.05) is 5.02 Å². The molecule has 0 aliphatic rings. The summed E-state index contributed by atoms with van der Waals surface area (Å²) in [7, 11) is 0. The Kier molecular flexibility index (Phi) is 2.62. The molecule has 16 heavy (non-hydrogen) atoms. The Morgan fingerprint density at radius 3 is 2.88 bits per heavy atom. The van der Waals surface area contributed by atoms with Crippen LogP contribution in [0.1, 0.15) is 16.2 Å². The van der Waals surface area contributed by atoms with Crippen LogP contribution in [-0.4, -0.2) is 25.8 Å². The lowest BCUT2D eigenvalue weighted by Crippen LogP contribution is -2.02. The summed E-state index contributed by atoms with van der Waals surface area (Å²) in [6, 6.07) is 5.30. The number of rotatable bonds is 2. The van der Waals surface area contributed by atoms with Gasteiger partial charge in [0.1, 0.15) is 6.33 Å². The molecule has 5 nitrogen and oxygen atoms in total. The second kappa shape index (κ2) is 3.94. The molecule has 1 heterocycles. The molecule has 2 aromatic rings. The number of carboxylic acid groups (broad SMARTS) is 1. The minimum Gasteiger partial charge on any atom is -0.475 e. The zero-order chi connectivity index (χ0) is 11.7. The number of nitrogens with zero attached hydrogens (tertiary/aromatic N) is 3. The van der Waals surface area contributed by atoms with Crippen LogP contribution < -0.4 is 0 Å². The average molecular weight is 238 g/mol. The minimum atomic E-state index is -1.15. The summed E-state index contributed by atoms with van der Waals surface area (Å²) in [5, 5.41) is 13.1. The lowest BCUT2D eigenvalue weighted by molar-refractivity contribution is 0.0683. The van der Waals surface area contributed by atoms with Gasteiger partial charge in [0.2, 0.25) is 0 Å². The Balaban J connectivity index is 2.50. The number of aromatic carboxylic acids is 1. The highest BCUT2D eigenvalue weighted by Gasteiger charge is 2.10. The van der Waals surface area contributed by atoms with E-state index in [9.17, 15) is 4.79 Å². The van der Waals surface area contributed by atoms with Gasteiger partial charge in [-0.05, 0) is 24.6 Å². The van der Waals surface area contributed by atoms with Gasteiger partial charge in [-0.2, -0.15) is 0 Å². The van der Waals surface area contributed by atoms with Crippen molar-refractivity contribution < 1.29 is 9.90 Å². The van der Waals surface area contributed by atoms with Crippen LogP contribution in [-0.2, 0) is 0 Å². The second-order valence-electron chi connectivity index (χ2n) is 3.25. The van der Waals surface area contributed by atoms with Crippen molar-refractivity contribution in [1.82, 2.24) is 14.8 Å². The number of aryl methyl sites for hydroxylation is 1. The van der Waals surface area contributed by atoms with E-state index in [1.165, 1.54) is 11.0 Å². The summed E-state index contributed by atoms with van der Waals surface area (Å²) in [5.74, 6) is -1.39. The van der Waals surface area contributed by atoms with Crippen LogP contribution >= 0.6 is 11.6 Å². The van der Waals surface area contributed by atoms with Gasteiger partial charge < -0.3 is 5.11 Å². The van der Waals surface area contributed by atoms with Gasteiger partial charge in [-0.25, -0.2) is 14.5 Å². The third kappa shape index (κ3) is 1.90. The van der Waals surface area contributed by atoms with Gasteiger partial charge in [-0.1, -0.05) is 17.7 Å². The van der Waals surface area contributed by atoms with Crippen molar-refractivity contribution >= 4 is 17.6 Å². The Hall–Kier alpha value is -1.88. The molecule has 1 N–H and O–H groups in total. The van der Waals surface area contributed by atoms with E-state index in [-0.39, 0.29) is 5.82 Å². The highest BCUT2D eigenvalue weighted by Crippen LogP contribution is 2.18. The van der Waals surface area contributed by atoms with Crippen molar-refractivity contribution in [3.63, 3.8) is 0 Å². The standard InChI is InChI=1S/C10H8ClN3O2/c1-6-2-3-7(11)4-8(6)14-5-12-9(13-14)10(15)16/h2-5H,1H3,(H,15,16). The Morgan fingerprint density at radius 1 is 1.50 bits per heavy atom. The number of hydrogen-bond acceptors (Lipinski definition) is 3. The molecule has 0 spiro atoms. The van der Waals surface area contributed by atoms with E-state index in [2.05, 4.69) is 10.1 Å². The van der Waals surface area contributed by atoms with E-state index in [1.807, 2.05) is 13.0 Å². The smallest absolute Gasteiger partial charge is 0.375 e. The van der Waals surface area contributed by atoms with Crippen LogP contribution in [0.2, 0.25) is 5.02 Å². The molecule has 0 amide bonds. The number of carboxylic acids is 1. The molecule has 0 radical (unpaired) electrons. The van der Waals surface area contributed by atoms with Crippen molar-refractivity contribution in [3.8, 4) is 5.69 Å². The van der Waals surface area contributed by atoms with E-state index in [1.54, 1.807) is 12.1 Å². The van der Waals surface area contributed by atoms with E-state index < -0.39 is 5.97 Å². The first kappa shape index (κ1) is 10.6. The molecule has 0 aliphatic heterocycles. The number of benzene rings is 1. The van der Waals surface area contributed by atoms with Crippen LogP contribution in [0.4, 0.5) is 0 Å². The topological polar surface area (TPSA) is 68.0 Å². The normalized spacial score (nSPS) is 10.4. The predicted molar refractivity (Wildman–Crippen MR) is 58.1 cm³/mol. The van der Waals surface area contributed by atoms with Crippen LogP contribution in [0.15, 0.2) is 24.5 Å². The first-order valence-electron chi connectivity index (χ1n) is 4.49. The molecule has 0 saturated heterocycles. The molecule has 0 bridgehead atoms. The van der Waals surface area contributed by atoms with Gasteiger partial charge in [0.25, 0.3) is 5.82 Å². The quantitative estimate of drug-likeness (QED) is 0.867. The molecular weight excluding hydrogens is 230 g/mol. The fourth-order valence-electron chi connectivity index (χ4n) is 1.31. The Labute approximate surface area is 96.3 Å². The molecule has 1 aromatic carbocycles. The summed E-state index contributed by atoms with van der Waals surface area (Å²) in [5.41, 5.74) is 1.65. The fourth-order valence-corrected chi connectivity index (χ4v) is 1.47. The fraction of sp³-hybridized carbons (Fsp3) is 0.100. The summed E-state index contributed by atoms with van der Waals surface area (Å²) < 4.78 is 1.39. The molecule has 0 unspecified atom stereocenters. The van der Waals surface area contributed by atoms with Gasteiger partial charge >= 0.3 is 5.97 Å². The minimum absolute atomic E-state index is 0.237. The Bertz CT molecular complexity index is 551. The second-order valence-corrected chi connectivity index (χ2v) is 3.69. The Morgan fingerprint density at radius 2 is 2.25 bits per heavy atom. The average Bonchev–Trinajstić information content (AvgIpc) is 2.70. The van der Waals surface area contributed by atoms with Gasteiger partial charge in [-0.15, -0.1) is 5.10 Å². The van der Waals surface area contributed by atoms with E-state index in [0.29, 0.717) is 10.7 Å². The zero-order valence-electron chi connectivity index (χ0n) is 8.38. The number of aromatic nitrogens is 3. The third-order valence-corrected chi connectivity index (χ3v) is 2.34. The maximum atomic E-state index is 10.6. The summed E-state index contributed by atoms with van der Waals surface area (Å²) in [4.78, 5) is 14.3. The van der Waals surface area contributed by atoms with E-state index in [4.69, 9.17) is 16.7 Å². The summed E-state index contributed by atoms with van der Waals surface area (Å²) in [6.07, 6.45) is 1.35. The van der Waals surface area contributed by atoms with E-state index >= 15 is 0 Å². The van der Waals surface area contributed by atoms with E-state index in [0.717, 1.165) is 5.56 Å². The van der Waals surface area contributed by atoms with Gasteiger partial charge in [0.05, 0.1) is 5.69 Å². The monoisotopic (exact) mass is 237 g/mol. The van der Waals surface area contributed by atoms with Crippen LogP contribution in [0, 0.1) is 6.92 Å². The number of hydrogen-bond donors (Lipinski definition) is 1. The first-order valence-corrected chi connectivity index (χ1v) is 4.87. The van der Waals surface area contributed by atoms with Crippen molar-refractivity contribution in [2.24, 2.45) is 0 Å². The number of halogens is 1. The lowest BCUT2D eigenvalue weighted by atomic mass is 10.2. The van der Waals surface area contributed by atoms with Gasteiger partial charge in [-0.3, -0.25) is 0 Å². The molecule has 0 saturated carbocycles. The SMILES string of the molecule is Cc1ccc(Cl)cc1-n1cnc(C(=O)O)n1. The highest BCUT2D eigenvalue weighted by atomic mass is 35.5. The first-order chi connectivity index (χ1) is 7.58.